The first kappa shape index (κ1) is 15.3. The van der Waals surface area contributed by atoms with Crippen molar-refractivity contribution < 1.29 is 0 Å². The number of pyridine rings is 1. The van der Waals surface area contributed by atoms with Crippen molar-refractivity contribution in [3.05, 3.63) is 23.7 Å². The Labute approximate surface area is 124 Å². The van der Waals surface area contributed by atoms with Crippen LogP contribution in [-0.4, -0.2) is 14.5 Å². The molecule has 0 aliphatic carbocycles. The Hall–Kier alpha value is -0.740. The predicted molar refractivity (Wildman–Crippen MR) is 87.8 cm³/mol. The average molecular weight is 373 g/mol. The van der Waals surface area contributed by atoms with E-state index in [0.717, 1.165) is 29.2 Å². The molecule has 0 N–H and O–H groups in total. The molecule has 18 heavy (non-hydrogen) atoms. The van der Waals surface area contributed by atoms with Gasteiger partial charge in [0.25, 0.3) is 0 Å². The minimum Gasteiger partial charge on any atom is -0.327 e. The highest BCUT2D eigenvalue weighted by Gasteiger charge is 2.06. The lowest BCUT2D eigenvalue weighted by molar-refractivity contribution is 0.753. The van der Waals surface area contributed by atoms with Gasteiger partial charge in [-0.15, -0.1) is 0 Å². The Morgan fingerprint density at radius 3 is 2.67 bits per heavy atom. The maximum Gasteiger partial charge on any atom is 0.179 e. The smallest absolute Gasteiger partial charge is 0.179 e. The highest BCUT2D eigenvalue weighted by molar-refractivity contribution is 14.2. The van der Waals surface area contributed by atoms with Crippen LogP contribution in [0.4, 0.5) is 0 Å². The van der Waals surface area contributed by atoms with E-state index >= 15 is 0 Å². The van der Waals surface area contributed by atoms with Gasteiger partial charge in [0, 0.05) is 27.8 Å². The molecule has 0 bridgehead atoms. The van der Waals surface area contributed by atoms with E-state index < -0.39 is 0 Å². The van der Waals surface area contributed by atoms with Crippen molar-refractivity contribution in [1.29, 1.82) is 0 Å². The lowest BCUT2D eigenvalue weighted by Gasteiger charge is -2.00. The van der Waals surface area contributed by atoms with Crippen LogP contribution < -0.4 is 0 Å². The van der Waals surface area contributed by atoms with Crippen molar-refractivity contribution in [2.75, 3.05) is 0 Å². The average Bonchev–Trinajstić information content (AvgIpc) is 2.73. The van der Waals surface area contributed by atoms with Crippen LogP contribution in [0, 0.1) is 18.1 Å². The summed E-state index contributed by atoms with van der Waals surface area (Å²) < 4.78 is 2.15. The summed E-state index contributed by atoms with van der Waals surface area (Å²) in [6.07, 6.45) is 0. The number of hydrogen-bond donors (Lipinski definition) is 0. The third-order valence-electron chi connectivity index (χ3n) is 2.34. The van der Waals surface area contributed by atoms with Gasteiger partial charge in [-0.05, 0) is 46.1 Å². The summed E-state index contributed by atoms with van der Waals surface area (Å²) >= 11 is 2.14. The maximum absolute atomic E-state index is 4.43. The van der Waals surface area contributed by atoms with Crippen LogP contribution in [-0.2, 0) is 6.54 Å². The van der Waals surface area contributed by atoms with Crippen molar-refractivity contribution in [2.45, 2.75) is 34.2 Å². The molecule has 5 heteroatoms. The first-order chi connectivity index (χ1) is 8.76. The SMILES string of the molecule is CC.CCn1c(C)nc2nc(C#CSI)ccc21. The Morgan fingerprint density at radius 2 is 2.06 bits per heavy atom. The highest BCUT2D eigenvalue weighted by Crippen LogP contribution is 2.14. The van der Waals surface area contributed by atoms with E-state index in [4.69, 9.17) is 0 Å². The number of halogens is 1. The normalized spacial score (nSPS) is 9.39. The van der Waals surface area contributed by atoms with Gasteiger partial charge in [-0.2, -0.15) is 0 Å². The van der Waals surface area contributed by atoms with Gasteiger partial charge in [0.05, 0.1) is 5.52 Å². The molecule has 2 aromatic rings. The number of aromatic nitrogens is 3. The summed E-state index contributed by atoms with van der Waals surface area (Å²) in [6, 6.07) is 3.98. The van der Waals surface area contributed by atoms with Crippen LogP contribution >= 0.6 is 30.1 Å². The molecule has 2 rings (SSSR count). The Bertz CT molecular complexity index is 581. The molecule has 0 unspecified atom stereocenters. The molecule has 0 saturated carbocycles. The van der Waals surface area contributed by atoms with Crippen LogP contribution in [0.5, 0.6) is 0 Å². The molecule has 0 saturated heterocycles. The minimum atomic E-state index is 0.775. The number of rotatable bonds is 1. The largest absolute Gasteiger partial charge is 0.327 e. The lowest BCUT2D eigenvalue weighted by atomic mass is 10.3. The number of hydrogen-bond acceptors (Lipinski definition) is 3. The molecule has 0 atom stereocenters. The number of nitrogens with zero attached hydrogens (tertiary/aromatic N) is 3. The van der Waals surface area contributed by atoms with Gasteiger partial charge < -0.3 is 4.57 Å². The van der Waals surface area contributed by atoms with E-state index in [2.05, 4.69) is 53.8 Å². The molecule has 0 aliphatic rings. The Kier molecular flexibility index (Phi) is 6.50. The molecular weight excluding hydrogens is 357 g/mol. The van der Waals surface area contributed by atoms with Crippen LogP contribution in [0.25, 0.3) is 11.2 Å². The van der Waals surface area contributed by atoms with E-state index in [1.165, 1.54) is 8.93 Å². The van der Waals surface area contributed by atoms with Crippen LogP contribution in [0.2, 0.25) is 0 Å². The van der Waals surface area contributed by atoms with Crippen molar-refractivity contribution in [2.24, 2.45) is 0 Å². The number of imidazole rings is 1. The first-order valence-corrected chi connectivity index (χ1v) is 9.24. The molecule has 0 radical (unpaired) electrons. The van der Waals surface area contributed by atoms with Gasteiger partial charge in [-0.25, -0.2) is 9.97 Å². The van der Waals surface area contributed by atoms with Gasteiger partial charge in [-0.1, -0.05) is 13.8 Å². The zero-order chi connectivity index (χ0) is 13.5. The molecule has 0 aromatic carbocycles. The molecule has 0 spiro atoms. The molecule has 96 valence electrons. The second-order valence-corrected chi connectivity index (χ2v) is 4.93. The third-order valence-corrected chi connectivity index (χ3v) is 3.18. The lowest BCUT2D eigenvalue weighted by Crippen LogP contribution is -1.96. The summed E-state index contributed by atoms with van der Waals surface area (Å²) in [5.41, 5.74) is 2.63. The van der Waals surface area contributed by atoms with Crippen LogP contribution in [0.15, 0.2) is 12.1 Å². The number of aryl methyl sites for hydroxylation is 2. The van der Waals surface area contributed by atoms with Crippen molar-refractivity contribution in [3.63, 3.8) is 0 Å². The highest BCUT2D eigenvalue weighted by atomic mass is 127. The summed E-state index contributed by atoms with van der Waals surface area (Å²) in [4.78, 5) is 8.85. The fraction of sp³-hybridized carbons (Fsp3) is 0.385. The van der Waals surface area contributed by atoms with Gasteiger partial charge in [0.15, 0.2) is 5.65 Å². The van der Waals surface area contributed by atoms with Gasteiger partial charge in [0.2, 0.25) is 0 Å². The molecule has 2 heterocycles. The summed E-state index contributed by atoms with van der Waals surface area (Å²) in [5.74, 6) is 3.98. The van der Waals surface area contributed by atoms with Crippen molar-refractivity contribution in [1.82, 2.24) is 14.5 Å². The summed E-state index contributed by atoms with van der Waals surface area (Å²) in [7, 11) is 1.46. The van der Waals surface area contributed by atoms with Crippen LogP contribution in [0.1, 0.15) is 32.3 Å². The summed E-state index contributed by atoms with van der Waals surface area (Å²) in [6.45, 7) is 9.02. The maximum atomic E-state index is 4.43. The zero-order valence-electron chi connectivity index (χ0n) is 11.0. The predicted octanol–water partition coefficient (Wildman–Crippen LogP) is 4.18. The molecule has 2 aromatic heterocycles. The van der Waals surface area contributed by atoms with Gasteiger partial charge in [0.1, 0.15) is 11.5 Å². The quantitative estimate of drug-likeness (QED) is 0.555. The van der Waals surface area contributed by atoms with Crippen LogP contribution in [0.3, 0.4) is 0 Å². The molecular formula is C13H16IN3S. The molecule has 0 amide bonds. The van der Waals surface area contributed by atoms with Crippen molar-refractivity contribution >= 4 is 41.3 Å². The van der Waals surface area contributed by atoms with Gasteiger partial charge in [-0.3, -0.25) is 0 Å². The number of fused-ring (bicyclic) bond motifs is 1. The molecule has 0 fully saturated rings. The van der Waals surface area contributed by atoms with Gasteiger partial charge >= 0.3 is 0 Å². The first-order valence-electron chi connectivity index (χ1n) is 5.88. The Balaban J connectivity index is 0.000000771. The monoisotopic (exact) mass is 373 g/mol. The summed E-state index contributed by atoms with van der Waals surface area (Å²) in [5, 5.41) is 2.92. The van der Waals surface area contributed by atoms with E-state index in [9.17, 15) is 0 Å². The van der Waals surface area contributed by atoms with E-state index in [1.54, 1.807) is 0 Å². The van der Waals surface area contributed by atoms with Crippen molar-refractivity contribution in [3.8, 4) is 11.2 Å². The fourth-order valence-electron chi connectivity index (χ4n) is 1.66. The van der Waals surface area contributed by atoms with E-state index in [0.29, 0.717) is 0 Å². The van der Waals surface area contributed by atoms with E-state index in [-0.39, 0.29) is 0 Å². The minimum absolute atomic E-state index is 0.775. The second kappa shape index (κ2) is 7.64. The second-order valence-electron chi connectivity index (χ2n) is 3.25. The molecule has 3 nitrogen and oxygen atoms in total. The zero-order valence-corrected chi connectivity index (χ0v) is 14.0. The molecule has 0 aliphatic heterocycles. The third kappa shape index (κ3) is 3.39. The van der Waals surface area contributed by atoms with E-state index in [1.807, 2.05) is 32.9 Å². The Morgan fingerprint density at radius 1 is 1.33 bits per heavy atom. The standard InChI is InChI=1S/C11H10IN3S.C2H6/c1-3-15-8(2)13-11-10(15)5-4-9(14-11)6-7-16-12;1-2/h4-5H,3H2,1-2H3;1-2H3. The topological polar surface area (TPSA) is 30.7 Å². The fourth-order valence-corrected chi connectivity index (χ4v) is 2.14.